The van der Waals surface area contributed by atoms with Crippen molar-refractivity contribution in [2.45, 2.75) is 90.4 Å². The molecule has 0 fully saturated rings. The van der Waals surface area contributed by atoms with Gasteiger partial charge in [-0.05, 0) is 0 Å². The summed E-state index contributed by atoms with van der Waals surface area (Å²) < 4.78 is 0. The van der Waals surface area contributed by atoms with Gasteiger partial charge in [0.25, 0.3) is 0 Å². The molecule has 0 saturated heterocycles. The Morgan fingerprint density at radius 3 is 1.08 bits per heavy atom. The van der Waals surface area contributed by atoms with E-state index in [0.29, 0.717) is 0 Å². The molecule has 0 amide bonds. The Hall–Kier alpha value is -1.62. The number of halogens is 1. The Morgan fingerprint density at radius 2 is 0.737 bits per heavy atom. The van der Waals surface area contributed by atoms with Crippen LogP contribution in [0.5, 0.6) is 0 Å². The maximum absolute atomic E-state index is 8.19. The first kappa shape index (κ1) is 30.9. The third-order valence-electron chi connectivity index (χ3n) is 8.48. The van der Waals surface area contributed by atoms with Crippen molar-refractivity contribution in [1.29, 1.82) is 0 Å². The minimum atomic E-state index is -2.47. The molecular weight excluding hydrogens is 499 g/mol. The van der Waals surface area contributed by atoms with Crippen molar-refractivity contribution in [3.05, 3.63) is 108 Å². The van der Waals surface area contributed by atoms with Gasteiger partial charge in [0.15, 0.2) is 0 Å². The van der Waals surface area contributed by atoms with Gasteiger partial charge in [-0.15, -0.1) is 0 Å². The van der Waals surface area contributed by atoms with E-state index in [1.807, 2.05) is 0 Å². The van der Waals surface area contributed by atoms with Crippen LogP contribution in [0.2, 0.25) is 0 Å². The van der Waals surface area contributed by atoms with E-state index in [1.54, 1.807) is 0 Å². The summed E-state index contributed by atoms with van der Waals surface area (Å²) in [6.07, 6.45) is 21.8. The fourth-order valence-electron chi connectivity index (χ4n) is 5.82. The molecule has 0 nitrogen and oxygen atoms in total. The maximum atomic E-state index is 8.19. The number of hydrogen-bond donors (Lipinski definition) is 0. The Labute approximate surface area is 239 Å². The molecule has 0 aliphatic carbocycles. The monoisotopic (exact) mass is 550 g/mol. The van der Waals surface area contributed by atoms with Gasteiger partial charge in [-0.2, -0.15) is 0 Å². The molecule has 0 aliphatic heterocycles. The zero-order valence-electron chi connectivity index (χ0n) is 24.0. The van der Waals surface area contributed by atoms with E-state index in [2.05, 4.69) is 97.9 Å². The summed E-state index contributed by atoms with van der Waals surface area (Å²) in [6.45, 7) is 2.30. The molecule has 0 aliphatic rings. The summed E-state index contributed by atoms with van der Waals surface area (Å²) in [5.41, 5.74) is 4.30. The summed E-state index contributed by atoms with van der Waals surface area (Å²) in [7, 11) is 0. The van der Waals surface area contributed by atoms with Crippen molar-refractivity contribution in [2.75, 3.05) is 24.6 Å². The van der Waals surface area contributed by atoms with Gasteiger partial charge in [-0.3, -0.25) is 0 Å². The third kappa shape index (κ3) is 11.6. The van der Waals surface area contributed by atoms with Crippen LogP contribution in [0.25, 0.3) is 0 Å². The Kier molecular flexibility index (Phi) is 14.0. The fourth-order valence-corrected chi connectivity index (χ4v) is 11.8. The summed E-state index contributed by atoms with van der Waals surface area (Å²) >= 11 is 8.19. The van der Waals surface area contributed by atoms with Crippen LogP contribution in [0.15, 0.2) is 91.0 Å². The van der Waals surface area contributed by atoms with Gasteiger partial charge in [0, 0.05) is 0 Å². The standard InChI is InChI=1S/C36H52ClP/c1-2-3-4-5-6-7-8-9-10-20-30-38(37,31-27-34-21-14-11-15-22-34,32-28-35-23-16-12-17-24-35)33-29-36-25-18-13-19-26-36/h11-19,21-26H,2-10,20,27-33H2,1H3. The van der Waals surface area contributed by atoms with Gasteiger partial charge < -0.3 is 0 Å². The van der Waals surface area contributed by atoms with Crippen molar-refractivity contribution in [1.82, 2.24) is 0 Å². The molecule has 0 radical (unpaired) electrons. The molecule has 0 spiro atoms. The van der Waals surface area contributed by atoms with Crippen LogP contribution in [-0.4, -0.2) is 24.6 Å². The van der Waals surface area contributed by atoms with Crippen molar-refractivity contribution in [2.24, 2.45) is 0 Å². The average Bonchev–Trinajstić information content (AvgIpc) is 2.97. The number of rotatable bonds is 20. The number of unbranched alkanes of at least 4 members (excludes halogenated alkanes) is 9. The summed E-state index contributed by atoms with van der Waals surface area (Å²) in [6, 6.07) is 33.1. The molecule has 0 bridgehead atoms. The van der Waals surface area contributed by atoms with E-state index in [-0.39, 0.29) is 0 Å². The second-order valence-corrected chi connectivity index (χ2v) is 19.9. The first-order valence-corrected chi connectivity index (χ1v) is 19.3. The topological polar surface area (TPSA) is 0 Å². The van der Waals surface area contributed by atoms with E-state index >= 15 is 0 Å². The molecule has 3 rings (SSSR count). The molecule has 38 heavy (non-hydrogen) atoms. The second kappa shape index (κ2) is 17.2. The van der Waals surface area contributed by atoms with Crippen LogP contribution >= 0.6 is 17.2 Å². The zero-order valence-corrected chi connectivity index (χ0v) is 25.7. The number of aryl methyl sites for hydroxylation is 3. The summed E-state index contributed by atoms with van der Waals surface area (Å²) in [5.74, 6) is -2.47. The third-order valence-corrected chi connectivity index (χ3v) is 16.0. The molecule has 0 saturated carbocycles. The summed E-state index contributed by atoms with van der Waals surface area (Å²) in [5, 5.41) is 0. The van der Waals surface area contributed by atoms with E-state index in [0.717, 1.165) is 37.7 Å². The van der Waals surface area contributed by atoms with Gasteiger partial charge in [-0.1, -0.05) is 0 Å². The van der Waals surface area contributed by atoms with Crippen molar-refractivity contribution in [3.8, 4) is 0 Å². The SMILES string of the molecule is CCCCCCCCCCCCP(Cl)(CCc1ccccc1)(CCc1ccccc1)CCc1ccccc1. The minimum absolute atomic E-state index is 1.10. The van der Waals surface area contributed by atoms with Crippen LogP contribution in [-0.2, 0) is 19.3 Å². The molecule has 0 aromatic heterocycles. The molecule has 3 aromatic carbocycles. The van der Waals surface area contributed by atoms with E-state index in [4.69, 9.17) is 11.2 Å². The predicted molar refractivity (Wildman–Crippen MR) is 175 cm³/mol. The molecule has 3 aromatic rings. The van der Waals surface area contributed by atoms with Gasteiger partial charge in [0.1, 0.15) is 0 Å². The van der Waals surface area contributed by atoms with Crippen LogP contribution < -0.4 is 0 Å². The molecule has 0 unspecified atom stereocenters. The average molecular weight is 551 g/mol. The van der Waals surface area contributed by atoms with Crippen LogP contribution in [0.3, 0.4) is 0 Å². The first-order valence-electron chi connectivity index (χ1n) is 15.4. The van der Waals surface area contributed by atoms with E-state index < -0.39 is 5.96 Å². The van der Waals surface area contributed by atoms with E-state index in [1.165, 1.54) is 87.1 Å². The van der Waals surface area contributed by atoms with Gasteiger partial charge in [0.2, 0.25) is 0 Å². The first-order chi connectivity index (χ1) is 18.6. The molecule has 2 heteroatoms. The van der Waals surface area contributed by atoms with Crippen molar-refractivity contribution in [3.63, 3.8) is 0 Å². The van der Waals surface area contributed by atoms with Crippen molar-refractivity contribution >= 4 is 17.2 Å². The van der Waals surface area contributed by atoms with Crippen molar-refractivity contribution < 1.29 is 0 Å². The van der Waals surface area contributed by atoms with Gasteiger partial charge >= 0.3 is 240 Å². The fraction of sp³-hybridized carbons (Fsp3) is 0.500. The quantitative estimate of drug-likeness (QED) is 0.0968. The molecule has 0 N–H and O–H groups in total. The molecule has 0 heterocycles. The number of hydrogen-bond acceptors (Lipinski definition) is 0. The summed E-state index contributed by atoms with van der Waals surface area (Å²) in [4.78, 5) is 0. The van der Waals surface area contributed by atoms with Gasteiger partial charge in [-0.25, -0.2) is 0 Å². The molecular formula is C36H52ClP. The van der Waals surface area contributed by atoms with Crippen LogP contribution in [0.4, 0.5) is 0 Å². The molecule has 0 atom stereocenters. The van der Waals surface area contributed by atoms with Crippen LogP contribution in [0, 0.1) is 0 Å². The Balaban J connectivity index is 1.67. The zero-order chi connectivity index (χ0) is 26.8. The molecule has 208 valence electrons. The van der Waals surface area contributed by atoms with E-state index in [9.17, 15) is 0 Å². The number of benzene rings is 3. The Morgan fingerprint density at radius 1 is 0.421 bits per heavy atom. The normalized spacial score (nSPS) is 12.7. The second-order valence-electron chi connectivity index (χ2n) is 11.6. The van der Waals surface area contributed by atoms with Crippen LogP contribution in [0.1, 0.15) is 87.8 Å². The Bertz CT molecular complexity index is 877. The van der Waals surface area contributed by atoms with Gasteiger partial charge in [0.05, 0.1) is 0 Å². The predicted octanol–water partition coefficient (Wildman–Crippen LogP) is 11.3.